The van der Waals surface area contributed by atoms with Crippen molar-refractivity contribution < 1.29 is 14.5 Å². The number of rotatable bonds is 9. The standard InChI is InChI=1S/C23H28N4O4/c1-3-11-24-21-17-19(7-10-22(21)27(29)30)25-12-14-26(15-13-25)23(28)18-5-8-20(9-6-18)31-16-4-2/h3,5-10,17,24H,1,4,11-16H2,2H3. The van der Waals surface area contributed by atoms with Crippen LogP contribution in [0.4, 0.5) is 17.1 Å². The lowest BCUT2D eigenvalue weighted by Crippen LogP contribution is -2.48. The maximum Gasteiger partial charge on any atom is 0.292 e. The summed E-state index contributed by atoms with van der Waals surface area (Å²) in [5.74, 6) is 0.765. The van der Waals surface area contributed by atoms with Crippen molar-refractivity contribution in [2.45, 2.75) is 13.3 Å². The first kappa shape index (κ1) is 22.1. The van der Waals surface area contributed by atoms with Gasteiger partial charge in [0, 0.05) is 50.0 Å². The topological polar surface area (TPSA) is 88.0 Å². The summed E-state index contributed by atoms with van der Waals surface area (Å²) >= 11 is 0. The van der Waals surface area contributed by atoms with E-state index in [1.54, 1.807) is 30.3 Å². The monoisotopic (exact) mass is 424 g/mol. The largest absolute Gasteiger partial charge is 0.494 e. The van der Waals surface area contributed by atoms with Crippen LogP contribution >= 0.6 is 0 Å². The second-order valence-corrected chi connectivity index (χ2v) is 7.28. The number of nitro groups is 1. The van der Waals surface area contributed by atoms with Crippen LogP contribution in [-0.4, -0.2) is 55.1 Å². The van der Waals surface area contributed by atoms with E-state index < -0.39 is 4.92 Å². The van der Waals surface area contributed by atoms with Gasteiger partial charge in [-0.2, -0.15) is 0 Å². The van der Waals surface area contributed by atoms with Crippen molar-refractivity contribution in [3.8, 4) is 5.75 Å². The third-order valence-electron chi connectivity index (χ3n) is 5.12. The Morgan fingerprint density at radius 1 is 1.19 bits per heavy atom. The molecule has 1 saturated heterocycles. The Balaban J connectivity index is 1.63. The van der Waals surface area contributed by atoms with Crippen molar-refractivity contribution in [1.29, 1.82) is 0 Å². The molecule has 1 aliphatic rings. The smallest absolute Gasteiger partial charge is 0.292 e. The van der Waals surface area contributed by atoms with Crippen molar-refractivity contribution in [2.75, 3.05) is 49.5 Å². The van der Waals surface area contributed by atoms with Crippen LogP contribution < -0.4 is 15.0 Å². The number of hydrogen-bond acceptors (Lipinski definition) is 6. The van der Waals surface area contributed by atoms with Crippen LogP contribution in [0.25, 0.3) is 0 Å². The molecule has 1 amide bonds. The molecule has 8 nitrogen and oxygen atoms in total. The summed E-state index contributed by atoms with van der Waals surface area (Å²) in [7, 11) is 0. The first-order valence-electron chi connectivity index (χ1n) is 10.4. The SMILES string of the molecule is C=CCNc1cc(N2CCN(C(=O)c3ccc(OCCC)cc3)CC2)ccc1[N+](=O)[O-]. The summed E-state index contributed by atoms with van der Waals surface area (Å²) in [6.07, 6.45) is 2.59. The Morgan fingerprint density at radius 3 is 2.52 bits per heavy atom. The van der Waals surface area contributed by atoms with E-state index in [2.05, 4.69) is 16.8 Å². The molecule has 1 fully saturated rings. The predicted molar refractivity (Wildman–Crippen MR) is 122 cm³/mol. The average molecular weight is 425 g/mol. The number of amides is 1. The van der Waals surface area contributed by atoms with Crippen LogP contribution in [0.1, 0.15) is 23.7 Å². The molecule has 3 rings (SSSR count). The zero-order valence-electron chi connectivity index (χ0n) is 17.8. The van der Waals surface area contributed by atoms with Crippen LogP contribution in [0.15, 0.2) is 55.1 Å². The van der Waals surface area contributed by atoms with E-state index in [-0.39, 0.29) is 11.6 Å². The maximum atomic E-state index is 12.8. The second-order valence-electron chi connectivity index (χ2n) is 7.28. The molecule has 2 aromatic rings. The van der Waals surface area contributed by atoms with Gasteiger partial charge in [0.1, 0.15) is 11.4 Å². The van der Waals surface area contributed by atoms with Crippen molar-refractivity contribution in [1.82, 2.24) is 4.90 Å². The molecular weight excluding hydrogens is 396 g/mol. The zero-order valence-corrected chi connectivity index (χ0v) is 17.8. The van der Waals surface area contributed by atoms with E-state index in [1.165, 1.54) is 6.07 Å². The lowest BCUT2D eigenvalue weighted by molar-refractivity contribution is -0.383. The number of piperazine rings is 1. The fourth-order valence-electron chi connectivity index (χ4n) is 3.47. The highest BCUT2D eigenvalue weighted by atomic mass is 16.6. The molecule has 0 aliphatic carbocycles. The van der Waals surface area contributed by atoms with Crippen LogP contribution in [-0.2, 0) is 0 Å². The van der Waals surface area contributed by atoms with E-state index >= 15 is 0 Å². The summed E-state index contributed by atoms with van der Waals surface area (Å²) < 4.78 is 5.57. The Bertz CT molecular complexity index is 922. The van der Waals surface area contributed by atoms with Gasteiger partial charge in [-0.25, -0.2) is 0 Å². The summed E-state index contributed by atoms with van der Waals surface area (Å²) in [6, 6.07) is 12.3. The molecule has 2 aromatic carbocycles. The van der Waals surface area contributed by atoms with Gasteiger partial charge < -0.3 is 19.9 Å². The third kappa shape index (κ3) is 5.53. The molecule has 0 saturated carbocycles. The molecule has 0 radical (unpaired) electrons. The van der Waals surface area contributed by atoms with Gasteiger partial charge in [0.15, 0.2) is 0 Å². The normalized spacial score (nSPS) is 13.6. The summed E-state index contributed by atoms with van der Waals surface area (Å²) in [4.78, 5) is 27.7. The summed E-state index contributed by atoms with van der Waals surface area (Å²) in [6.45, 7) is 9.26. The second kappa shape index (κ2) is 10.5. The van der Waals surface area contributed by atoms with Crippen LogP contribution in [0.5, 0.6) is 5.75 Å². The van der Waals surface area contributed by atoms with Crippen molar-refractivity contribution in [3.05, 3.63) is 70.8 Å². The molecule has 31 heavy (non-hydrogen) atoms. The summed E-state index contributed by atoms with van der Waals surface area (Å²) in [5, 5.41) is 14.3. The molecule has 1 N–H and O–H groups in total. The van der Waals surface area contributed by atoms with E-state index in [9.17, 15) is 14.9 Å². The number of ether oxygens (including phenoxy) is 1. The molecule has 1 aliphatic heterocycles. The van der Waals surface area contributed by atoms with Crippen LogP contribution in [0.2, 0.25) is 0 Å². The molecule has 0 unspecified atom stereocenters. The highest BCUT2D eigenvalue weighted by molar-refractivity contribution is 5.94. The molecule has 0 aromatic heterocycles. The van der Waals surface area contributed by atoms with Gasteiger partial charge in [-0.05, 0) is 42.8 Å². The fraction of sp³-hybridized carbons (Fsp3) is 0.348. The first-order valence-corrected chi connectivity index (χ1v) is 10.4. The minimum absolute atomic E-state index is 0.00118. The average Bonchev–Trinajstić information content (AvgIpc) is 2.81. The molecule has 0 spiro atoms. The Labute approximate surface area is 182 Å². The maximum absolute atomic E-state index is 12.8. The van der Waals surface area contributed by atoms with Gasteiger partial charge in [-0.15, -0.1) is 6.58 Å². The fourth-order valence-corrected chi connectivity index (χ4v) is 3.47. The molecular formula is C23H28N4O4. The van der Waals surface area contributed by atoms with Gasteiger partial charge in [0.25, 0.3) is 11.6 Å². The lowest BCUT2D eigenvalue weighted by atomic mass is 10.1. The van der Waals surface area contributed by atoms with Gasteiger partial charge in [0.2, 0.25) is 0 Å². The van der Waals surface area contributed by atoms with Crippen molar-refractivity contribution in [2.24, 2.45) is 0 Å². The number of nitrogens with one attached hydrogen (secondary N) is 1. The zero-order chi connectivity index (χ0) is 22.2. The third-order valence-corrected chi connectivity index (χ3v) is 5.12. The number of carbonyl (C=O) groups excluding carboxylic acids is 1. The number of benzene rings is 2. The lowest BCUT2D eigenvalue weighted by Gasteiger charge is -2.36. The van der Waals surface area contributed by atoms with Crippen LogP contribution in [0, 0.1) is 10.1 Å². The van der Waals surface area contributed by atoms with E-state index in [0.29, 0.717) is 50.6 Å². The van der Waals surface area contributed by atoms with Gasteiger partial charge in [0.05, 0.1) is 11.5 Å². The minimum Gasteiger partial charge on any atom is -0.494 e. The molecule has 1 heterocycles. The van der Waals surface area contributed by atoms with Gasteiger partial charge in [-0.1, -0.05) is 13.0 Å². The predicted octanol–water partition coefficient (Wildman–Crippen LogP) is 3.94. The van der Waals surface area contributed by atoms with E-state index in [1.807, 2.05) is 24.0 Å². The highest BCUT2D eigenvalue weighted by Crippen LogP contribution is 2.30. The molecule has 8 heteroatoms. The highest BCUT2D eigenvalue weighted by Gasteiger charge is 2.24. The molecule has 164 valence electrons. The van der Waals surface area contributed by atoms with Gasteiger partial charge in [-0.3, -0.25) is 14.9 Å². The number of nitro benzene ring substituents is 1. The van der Waals surface area contributed by atoms with Crippen molar-refractivity contribution >= 4 is 23.0 Å². The summed E-state index contributed by atoms with van der Waals surface area (Å²) in [5.41, 5.74) is 2.03. The number of nitrogens with zero attached hydrogens (tertiary/aromatic N) is 3. The minimum atomic E-state index is -0.398. The van der Waals surface area contributed by atoms with E-state index in [4.69, 9.17) is 4.74 Å². The number of anilines is 2. The number of hydrogen-bond donors (Lipinski definition) is 1. The Morgan fingerprint density at radius 2 is 1.90 bits per heavy atom. The van der Waals surface area contributed by atoms with E-state index in [0.717, 1.165) is 17.9 Å². The Hall–Kier alpha value is -3.55. The molecule has 0 atom stereocenters. The first-order chi connectivity index (χ1) is 15.0. The van der Waals surface area contributed by atoms with Crippen LogP contribution in [0.3, 0.4) is 0 Å². The van der Waals surface area contributed by atoms with Crippen molar-refractivity contribution in [3.63, 3.8) is 0 Å². The quantitative estimate of drug-likeness (QED) is 0.373. The Kier molecular flexibility index (Phi) is 7.48. The number of carbonyl (C=O) groups is 1. The van der Waals surface area contributed by atoms with Gasteiger partial charge >= 0.3 is 0 Å². The molecule has 0 bridgehead atoms.